The van der Waals surface area contributed by atoms with Gasteiger partial charge >= 0.3 is 0 Å². The summed E-state index contributed by atoms with van der Waals surface area (Å²) in [4.78, 5) is 4.48. The van der Waals surface area contributed by atoms with Gasteiger partial charge in [0.25, 0.3) is 0 Å². The average Bonchev–Trinajstić information content (AvgIpc) is 2.87. The predicted octanol–water partition coefficient (Wildman–Crippen LogP) is 4.11. The highest BCUT2D eigenvalue weighted by Gasteiger charge is 2.04. The first-order chi connectivity index (χ1) is 8.22. The molecule has 2 nitrogen and oxygen atoms in total. The SMILES string of the molecule is Cc1csc(Cn2ccc3ccc(Cl)cc32)n1. The molecule has 0 aliphatic carbocycles. The van der Waals surface area contributed by atoms with Crippen molar-refractivity contribution in [1.82, 2.24) is 9.55 Å². The van der Waals surface area contributed by atoms with E-state index < -0.39 is 0 Å². The molecule has 0 radical (unpaired) electrons. The van der Waals surface area contributed by atoms with Gasteiger partial charge in [-0.05, 0) is 30.5 Å². The Morgan fingerprint density at radius 1 is 1.35 bits per heavy atom. The number of rotatable bonds is 2. The lowest BCUT2D eigenvalue weighted by molar-refractivity contribution is 0.825. The maximum Gasteiger partial charge on any atom is 0.113 e. The summed E-state index contributed by atoms with van der Waals surface area (Å²) < 4.78 is 2.18. The smallest absolute Gasteiger partial charge is 0.113 e. The summed E-state index contributed by atoms with van der Waals surface area (Å²) in [5, 5.41) is 5.18. The maximum atomic E-state index is 6.03. The van der Waals surface area contributed by atoms with Crippen molar-refractivity contribution in [1.29, 1.82) is 0 Å². The maximum absolute atomic E-state index is 6.03. The van der Waals surface area contributed by atoms with Crippen molar-refractivity contribution in [2.75, 3.05) is 0 Å². The largest absolute Gasteiger partial charge is 0.341 e. The molecule has 0 saturated carbocycles. The number of aromatic nitrogens is 2. The van der Waals surface area contributed by atoms with Gasteiger partial charge < -0.3 is 4.57 Å². The van der Waals surface area contributed by atoms with E-state index in [0.29, 0.717) is 0 Å². The van der Waals surface area contributed by atoms with Crippen LogP contribution in [0.1, 0.15) is 10.7 Å². The third-order valence-corrected chi connectivity index (χ3v) is 3.89. The van der Waals surface area contributed by atoms with Crippen LogP contribution in [0, 0.1) is 6.92 Å². The number of thiazole rings is 1. The molecule has 0 N–H and O–H groups in total. The molecule has 2 heterocycles. The minimum atomic E-state index is 0.771. The number of benzene rings is 1. The van der Waals surface area contributed by atoms with Crippen LogP contribution in [-0.2, 0) is 6.54 Å². The molecule has 0 atom stereocenters. The molecule has 3 aromatic rings. The second kappa shape index (κ2) is 4.17. The van der Waals surface area contributed by atoms with Crippen molar-refractivity contribution in [3.05, 3.63) is 51.6 Å². The molecule has 0 fully saturated rings. The van der Waals surface area contributed by atoms with Gasteiger partial charge in [-0.1, -0.05) is 17.7 Å². The third kappa shape index (κ3) is 2.08. The molecular formula is C13H11ClN2S. The van der Waals surface area contributed by atoms with E-state index in [-0.39, 0.29) is 0 Å². The van der Waals surface area contributed by atoms with E-state index in [1.165, 1.54) is 5.39 Å². The fourth-order valence-electron chi connectivity index (χ4n) is 1.92. The van der Waals surface area contributed by atoms with E-state index in [0.717, 1.165) is 27.8 Å². The first-order valence-electron chi connectivity index (χ1n) is 5.38. The highest BCUT2D eigenvalue weighted by atomic mass is 35.5. The molecule has 0 aliphatic heterocycles. The first-order valence-corrected chi connectivity index (χ1v) is 6.63. The Labute approximate surface area is 108 Å². The van der Waals surface area contributed by atoms with Gasteiger partial charge in [-0.15, -0.1) is 11.3 Å². The van der Waals surface area contributed by atoms with E-state index in [4.69, 9.17) is 11.6 Å². The standard InChI is InChI=1S/C13H11ClN2S/c1-9-8-17-13(15-9)7-16-5-4-10-2-3-11(14)6-12(10)16/h2-6,8H,7H2,1H3. The van der Waals surface area contributed by atoms with Gasteiger partial charge in [0.05, 0.1) is 6.54 Å². The molecule has 86 valence electrons. The zero-order valence-electron chi connectivity index (χ0n) is 9.35. The van der Waals surface area contributed by atoms with E-state index in [1.807, 2.05) is 25.1 Å². The number of halogens is 1. The normalized spacial score (nSPS) is 11.2. The Morgan fingerprint density at radius 3 is 3.00 bits per heavy atom. The molecule has 1 aromatic carbocycles. The van der Waals surface area contributed by atoms with E-state index in [9.17, 15) is 0 Å². The summed E-state index contributed by atoms with van der Waals surface area (Å²) in [5.74, 6) is 0. The van der Waals surface area contributed by atoms with Crippen molar-refractivity contribution in [3.63, 3.8) is 0 Å². The van der Waals surface area contributed by atoms with Gasteiger partial charge in [0, 0.05) is 27.8 Å². The Hall–Kier alpha value is -1.32. The van der Waals surface area contributed by atoms with Crippen LogP contribution in [0.4, 0.5) is 0 Å². The van der Waals surface area contributed by atoms with Gasteiger partial charge in [0.15, 0.2) is 0 Å². The highest BCUT2D eigenvalue weighted by molar-refractivity contribution is 7.09. The third-order valence-electron chi connectivity index (χ3n) is 2.71. The van der Waals surface area contributed by atoms with Crippen LogP contribution in [0.3, 0.4) is 0 Å². The average molecular weight is 263 g/mol. The van der Waals surface area contributed by atoms with Crippen molar-refractivity contribution < 1.29 is 0 Å². The summed E-state index contributed by atoms with van der Waals surface area (Å²) in [6, 6.07) is 8.06. The zero-order valence-corrected chi connectivity index (χ0v) is 10.9. The molecule has 0 saturated heterocycles. The van der Waals surface area contributed by atoms with Crippen LogP contribution >= 0.6 is 22.9 Å². The molecule has 3 rings (SSSR count). The van der Waals surface area contributed by atoms with Crippen molar-refractivity contribution in [2.24, 2.45) is 0 Å². The number of hydrogen-bond donors (Lipinski definition) is 0. The van der Waals surface area contributed by atoms with E-state index in [2.05, 4.69) is 27.2 Å². The van der Waals surface area contributed by atoms with Gasteiger partial charge in [0.1, 0.15) is 5.01 Å². The molecule has 4 heteroatoms. The van der Waals surface area contributed by atoms with Crippen LogP contribution in [0.15, 0.2) is 35.8 Å². The second-order valence-corrected chi connectivity index (χ2v) is 5.41. The predicted molar refractivity (Wildman–Crippen MR) is 72.9 cm³/mol. The van der Waals surface area contributed by atoms with Gasteiger partial charge in [-0.3, -0.25) is 0 Å². The topological polar surface area (TPSA) is 17.8 Å². The van der Waals surface area contributed by atoms with Crippen LogP contribution < -0.4 is 0 Å². The number of hydrogen-bond acceptors (Lipinski definition) is 2. The van der Waals surface area contributed by atoms with Gasteiger partial charge in [-0.25, -0.2) is 4.98 Å². The molecule has 17 heavy (non-hydrogen) atoms. The van der Waals surface area contributed by atoms with Crippen molar-refractivity contribution >= 4 is 33.8 Å². The summed E-state index contributed by atoms with van der Waals surface area (Å²) in [7, 11) is 0. The summed E-state index contributed by atoms with van der Waals surface area (Å²) >= 11 is 7.72. The minimum absolute atomic E-state index is 0.771. The Kier molecular flexibility index (Phi) is 2.65. The van der Waals surface area contributed by atoms with Crippen LogP contribution in [0.5, 0.6) is 0 Å². The summed E-state index contributed by atoms with van der Waals surface area (Å²) in [6.07, 6.45) is 2.08. The Bertz CT molecular complexity index is 669. The Morgan fingerprint density at radius 2 is 2.24 bits per heavy atom. The molecule has 0 spiro atoms. The second-order valence-electron chi connectivity index (χ2n) is 4.03. The lowest BCUT2D eigenvalue weighted by Gasteiger charge is -2.02. The van der Waals surface area contributed by atoms with Crippen LogP contribution in [0.25, 0.3) is 10.9 Å². The van der Waals surface area contributed by atoms with Crippen LogP contribution in [0.2, 0.25) is 5.02 Å². The molecule has 0 aliphatic rings. The number of fused-ring (bicyclic) bond motifs is 1. The fourth-order valence-corrected chi connectivity index (χ4v) is 2.85. The lowest BCUT2D eigenvalue weighted by Crippen LogP contribution is -1.97. The quantitative estimate of drug-likeness (QED) is 0.680. The number of nitrogens with zero attached hydrogens (tertiary/aromatic N) is 2. The van der Waals surface area contributed by atoms with Crippen LogP contribution in [-0.4, -0.2) is 9.55 Å². The Balaban J connectivity index is 2.03. The number of aryl methyl sites for hydroxylation is 1. The highest BCUT2D eigenvalue weighted by Crippen LogP contribution is 2.22. The van der Waals surface area contributed by atoms with Gasteiger partial charge in [-0.2, -0.15) is 0 Å². The van der Waals surface area contributed by atoms with Crippen molar-refractivity contribution in [3.8, 4) is 0 Å². The monoisotopic (exact) mass is 262 g/mol. The van der Waals surface area contributed by atoms with E-state index in [1.54, 1.807) is 11.3 Å². The van der Waals surface area contributed by atoms with Crippen molar-refractivity contribution in [2.45, 2.75) is 13.5 Å². The van der Waals surface area contributed by atoms with Gasteiger partial charge in [0.2, 0.25) is 0 Å². The first kappa shape index (κ1) is 10.8. The molecule has 0 unspecified atom stereocenters. The lowest BCUT2D eigenvalue weighted by atomic mass is 10.2. The molecule has 0 amide bonds. The minimum Gasteiger partial charge on any atom is -0.341 e. The molecule has 2 aromatic heterocycles. The summed E-state index contributed by atoms with van der Waals surface area (Å²) in [6.45, 7) is 2.83. The zero-order chi connectivity index (χ0) is 11.8. The summed E-state index contributed by atoms with van der Waals surface area (Å²) in [5.41, 5.74) is 2.24. The molecule has 0 bridgehead atoms. The van der Waals surface area contributed by atoms with E-state index >= 15 is 0 Å². The molecular weight excluding hydrogens is 252 g/mol. The fraction of sp³-hybridized carbons (Fsp3) is 0.154.